The van der Waals surface area contributed by atoms with E-state index in [2.05, 4.69) is 36.1 Å². The molecule has 1 aliphatic rings. The van der Waals surface area contributed by atoms with Crippen molar-refractivity contribution in [3.8, 4) is 17.0 Å². The smallest absolute Gasteiger partial charge is 0.123 e. The van der Waals surface area contributed by atoms with Crippen LogP contribution in [0.5, 0.6) is 5.75 Å². The second kappa shape index (κ2) is 3.84. The molecule has 3 rings (SSSR count). The van der Waals surface area contributed by atoms with Gasteiger partial charge in [0.05, 0.1) is 5.69 Å². The zero-order valence-corrected chi connectivity index (χ0v) is 9.84. The standard InChI is InChI=1S/C14H13N2O/c1-9-10(2)17-14-4-3-11(7-12(9)14)13-8-15-5-6-16-13/h3-7,9-10H,1-2H3. The fraction of sp³-hybridized carbons (Fsp3) is 0.286. The van der Waals surface area contributed by atoms with Crippen molar-refractivity contribution in [2.45, 2.75) is 25.9 Å². The summed E-state index contributed by atoms with van der Waals surface area (Å²) in [7, 11) is 0. The molecule has 2 heterocycles. The van der Waals surface area contributed by atoms with Crippen molar-refractivity contribution in [2.24, 2.45) is 0 Å². The average molecular weight is 225 g/mol. The van der Waals surface area contributed by atoms with Crippen LogP contribution in [0.15, 0.2) is 30.6 Å². The van der Waals surface area contributed by atoms with E-state index in [9.17, 15) is 0 Å². The van der Waals surface area contributed by atoms with Crippen LogP contribution in [-0.4, -0.2) is 16.1 Å². The quantitative estimate of drug-likeness (QED) is 0.748. The average Bonchev–Trinajstić information content (AvgIpc) is 2.66. The van der Waals surface area contributed by atoms with E-state index < -0.39 is 0 Å². The second-order valence-corrected chi connectivity index (χ2v) is 4.38. The van der Waals surface area contributed by atoms with Crippen LogP contribution in [0.4, 0.5) is 0 Å². The monoisotopic (exact) mass is 225 g/mol. The zero-order valence-electron chi connectivity index (χ0n) is 9.84. The lowest BCUT2D eigenvalue weighted by Crippen LogP contribution is -2.10. The predicted octanol–water partition coefficient (Wildman–Crippen LogP) is 2.83. The van der Waals surface area contributed by atoms with Crippen molar-refractivity contribution < 1.29 is 4.74 Å². The van der Waals surface area contributed by atoms with Crippen LogP contribution >= 0.6 is 0 Å². The van der Waals surface area contributed by atoms with Crippen LogP contribution in [0, 0.1) is 6.20 Å². The number of hydrogen-bond donors (Lipinski definition) is 0. The SMILES string of the molecule is CC1Oc2ccc(-c3[c]nccn3)cc2C1C. The second-order valence-electron chi connectivity index (χ2n) is 4.38. The highest BCUT2D eigenvalue weighted by Crippen LogP contribution is 2.39. The lowest BCUT2D eigenvalue weighted by atomic mass is 9.96. The Balaban J connectivity index is 2.06. The highest BCUT2D eigenvalue weighted by Gasteiger charge is 2.27. The Hall–Kier alpha value is -1.90. The third kappa shape index (κ3) is 1.68. The van der Waals surface area contributed by atoms with Gasteiger partial charge in [0.2, 0.25) is 0 Å². The lowest BCUT2D eigenvalue weighted by molar-refractivity contribution is 0.232. The van der Waals surface area contributed by atoms with Gasteiger partial charge in [0.25, 0.3) is 0 Å². The summed E-state index contributed by atoms with van der Waals surface area (Å²) in [5.74, 6) is 1.40. The van der Waals surface area contributed by atoms with Gasteiger partial charge < -0.3 is 4.74 Å². The summed E-state index contributed by atoms with van der Waals surface area (Å²) in [6.07, 6.45) is 6.45. The molecular formula is C14H13N2O. The minimum Gasteiger partial charge on any atom is -0.490 e. The van der Waals surface area contributed by atoms with Gasteiger partial charge in [-0.2, -0.15) is 0 Å². The summed E-state index contributed by atoms with van der Waals surface area (Å²) in [6.45, 7) is 4.28. The van der Waals surface area contributed by atoms with E-state index in [4.69, 9.17) is 4.74 Å². The Kier molecular flexibility index (Phi) is 2.32. The molecule has 0 bridgehead atoms. The van der Waals surface area contributed by atoms with Crippen LogP contribution in [-0.2, 0) is 0 Å². The first-order valence-electron chi connectivity index (χ1n) is 5.75. The third-order valence-corrected chi connectivity index (χ3v) is 3.31. The van der Waals surface area contributed by atoms with E-state index in [1.807, 2.05) is 12.1 Å². The third-order valence-electron chi connectivity index (χ3n) is 3.31. The molecule has 0 amide bonds. The lowest BCUT2D eigenvalue weighted by Gasteiger charge is -2.07. The number of fused-ring (bicyclic) bond motifs is 1. The molecule has 0 aliphatic carbocycles. The van der Waals surface area contributed by atoms with Crippen LogP contribution in [0.2, 0.25) is 0 Å². The summed E-state index contributed by atoms with van der Waals surface area (Å²) in [4.78, 5) is 8.23. The van der Waals surface area contributed by atoms with Crippen molar-refractivity contribution in [1.82, 2.24) is 9.97 Å². The number of rotatable bonds is 1. The maximum atomic E-state index is 5.76. The Labute approximate surface area is 100 Å². The highest BCUT2D eigenvalue weighted by molar-refractivity contribution is 5.62. The fourth-order valence-corrected chi connectivity index (χ4v) is 2.12. The van der Waals surface area contributed by atoms with Gasteiger partial charge in [0, 0.05) is 29.4 Å². The van der Waals surface area contributed by atoms with Gasteiger partial charge in [-0.05, 0) is 25.1 Å². The van der Waals surface area contributed by atoms with Gasteiger partial charge >= 0.3 is 0 Å². The van der Waals surface area contributed by atoms with Gasteiger partial charge in [-0.3, -0.25) is 9.97 Å². The molecule has 2 aromatic rings. The number of nitrogens with zero attached hydrogens (tertiary/aromatic N) is 2. The molecule has 1 aliphatic heterocycles. The molecule has 1 aromatic heterocycles. The Bertz CT molecular complexity index is 539. The summed E-state index contributed by atoms with van der Waals surface area (Å²) in [6, 6.07) is 6.14. The first-order chi connectivity index (χ1) is 8.25. The van der Waals surface area contributed by atoms with E-state index in [-0.39, 0.29) is 6.10 Å². The molecule has 0 spiro atoms. The Morgan fingerprint density at radius 3 is 2.88 bits per heavy atom. The minimum atomic E-state index is 0.242. The molecule has 17 heavy (non-hydrogen) atoms. The van der Waals surface area contributed by atoms with E-state index >= 15 is 0 Å². The number of benzene rings is 1. The molecule has 85 valence electrons. The van der Waals surface area contributed by atoms with Crippen molar-refractivity contribution in [1.29, 1.82) is 0 Å². The van der Waals surface area contributed by atoms with E-state index in [0.29, 0.717) is 5.92 Å². The summed E-state index contributed by atoms with van der Waals surface area (Å²) < 4.78 is 5.76. The first-order valence-corrected chi connectivity index (χ1v) is 5.75. The van der Waals surface area contributed by atoms with Crippen molar-refractivity contribution >= 4 is 0 Å². The maximum Gasteiger partial charge on any atom is 0.123 e. The Morgan fingerprint density at radius 1 is 1.24 bits per heavy atom. The molecule has 2 unspecified atom stereocenters. The number of ether oxygens (including phenoxy) is 1. The molecule has 2 atom stereocenters. The normalized spacial score (nSPS) is 22.0. The minimum absolute atomic E-state index is 0.242. The first kappa shape index (κ1) is 10.3. The van der Waals surface area contributed by atoms with Gasteiger partial charge in [-0.25, -0.2) is 0 Å². The van der Waals surface area contributed by atoms with Gasteiger partial charge in [0.1, 0.15) is 18.1 Å². The fourth-order valence-electron chi connectivity index (χ4n) is 2.12. The van der Waals surface area contributed by atoms with Crippen LogP contribution in [0.1, 0.15) is 25.3 Å². The molecule has 0 saturated carbocycles. The van der Waals surface area contributed by atoms with Crippen LogP contribution < -0.4 is 4.74 Å². The van der Waals surface area contributed by atoms with Gasteiger partial charge in [-0.15, -0.1) is 0 Å². The topological polar surface area (TPSA) is 35.0 Å². The molecule has 0 saturated heterocycles. The van der Waals surface area contributed by atoms with Crippen molar-refractivity contribution in [2.75, 3.05) is 0 Å². The molecule has 1 aromatic carbocycles. The van der Waals surface area contributed by atoms with Gasteiger partial charge in [-0.1, -0.05) is 6.92 Å². The van der Waals surface area contributed by atoms with E-state index in [1.165, 1.54) is 5.56 Å². The molecular weight excluding hydrogens is 212 g/mol. The van der Waals surface area contributed by atoms with Crippen LogP contribution in [0.25, 0.3) is 11.3 Å². The largest absolute Gasteiger partial charge is 0.490 e. The summed E-state index contributed by atoms with van der Waals surface area (Å²) >= 11 is 0. The number of hydrogen-bond acceptors (Lipinski definition) is 3. The maximum absolute atomic E-state index is 5.76. The summed E-state index contributed by atoms with van der Waals surface area (Å²) in [5.41, 5.74) is 3.07. The highest BCUT2D eigenvalue weighted by atomic mass is 16.5. The molecule has 0 fully saturated rings. The predicted molar refractivity (Wildman–Crippen MR) is 64.8 cm³/mol. The molecule has 0 N–H and O–H groups in total. The molecule has 3 heteroatoms. The zero-order chi connectivity index (χ0) is 11.8. The van der Waals surface area contributed by atoms with Crippen molar-refractivity contribution in [3.05, 3.63) is 42.4 Å². The molecule has 1 radical (unpaired) electrons. The summed E-state index contributed by atoms with van der Waals surface area (Å²) in [5, 5.41) is 0. The molecule has 3 nitrogen and oxygen atoms in total. The van der Waals surface area contributed by atoms with E-state index in [1.54, 1.807) is 12.4 Å². The van der Waals surface area contributed by atoms with Gasteiger partial charge in [0.15, 0.2) is 0 Å². The van der Waals surface area contributed by atoms with E-state index in [0.717, 1.165) is 17.0 Å². The number of aromatic nitrogens is 2. The Morgan fingerprint density at radius 2 is 2.12 bits per heavy atom. The van der Waals surface area contributed by atoms with Crippen LogP contribution in [0.3, 0.4) is 0 Å². The van der Waals surface area contributed by atoms with Crippen molar-refractivity contribution in [3.63, 3.8) is 0 Å².